The Morgan fingerprint density at radius 3 is 2.25 bits per heavy atom. The van der Waals surface area contributed by atoms with E-state index in [2.05, 4.69) is 10.2 Å². The molecular formula is C12H23N3O. The van der Waals surface area contributed by atoms with Crippen LogP contribution in [-0.2, 0) is 4.79 Å². The number of piperidine rings is 1. The van der Waals surface area contributed by atoms with Gasteiger partial charge >= 0.3 is 0 Å². The average molecular weight is 225 g/mol. The lowest BCUT2D eigenvalue weighted by atomic mass is 10.0. The molecule has 2 fully saturated rings. The van der Waals surface area contributed by atoms with Gasteiger partial charge in [-0.15, -0.1) is 0 Å². The van der Waals surface area contributed by atoms with Gasteiger partial charge in [0.25, 0.3) is 0 Å². The molecular weight excluding hydrogens is 202 g/mol. The van der Waals surface area contributed by atoms with Crippen LogP contribution in [0.25, 0.3) is 0 Å². The highest BCUT2D eigenvalue weighted by molar-refractivity contribution is 5.76. The fourth-order valence-electron chi connectivity index (χ4n) is 3.11. The minimum absolute atomic E-state index is 0.176. The fourth-order valence-corrected chi connectivity index (χ4v) is 3.11. The Morgan fingerprint density at radius 1 is 1.12 bits per heavy atom. The van der Waals surface area contributed by atoms with Crippen LogP contribution in [0.3, 0.4) is 0 Å². The Bertz CT molecular complexity index is 232. The van der Waals surface area contributed by atoms with Crippen LogP contribution in [-0.4, -0.2) is 42.5 Å². The molecule has 0 bridgehead atoms. The van der Waals surface area contributed by atoms with Crippen LogP contribution in [0.2, 0.25) is 0 Å². The Morgan fingerprint density at radius 2 is 1.69 bits per heavy atom. The molecule has 0 aromatic heterocycles. The molecule has 2 rings (SSSR count). The van der Waals surface area contributed by atoms with Crippen molar-refractivity contribution in [3.63, 3.8) is 0 Å². The summed E-state index contributed by atoms with van der Waals surface area (Å²) in [5.41, 5.74) is 5.37. The Kier molecular flexibility index (Phi) is 4.18. The number of amides is 1. The minimum Gasteiger partial charge on any atom is -0.369 e. The number of primary amides is 1. The van der Waals surface area contributed by atoms with Crippen LogP contribution < -0.4 is 11.1 Å². The largest absolute Gasteiger partial charge is 0.369 e. The predicted octanol–water partition coefficient (Wildman–Crippen LogP) is 0.468. The van der Waals surface area contributed by atoms with E-state index < -0.39 is 0 Å². The molecule has 1 aliphatic heterocycles. The van der Waals surface area contributed by atoms with Crippen molar-refractivity contribution in [3.8, 4) is 0 Å². The summed E-state index contributed by atoms with van der Waals surface area (Å²) in [5.74, 6) is -0.176. The molecule has 4 nitrogen and oxygen atoms in total. The molecule has 0 aromatic carbocycles. The summed E-state index contributed by atoms with van der Waals surface area (Å²) in [7, 11) is 0. The SMILES string of the molecule is NC(=O)CN(C1CCCC1)C1CCNCC1. The molecule has 0 atom stereocenters. The van der Waals surface area contributed by atoms with Crippen LogP contribution in [0.4, 0.5) is 0 Å². The average Bonchev–Trinajstić information content (AvgIpc) is 2.80. The molecule has 2 aliphatic rings. The summed E-state index contributed by atoms with van der Waals surface area (Å²) in [6.45, 7) is 2.61. The Balaban J connectivity index is 1.96. The molecule has 4 heteroatoms. The number of nitrogens with two attached hydrogens (primary N) is 1. The van der Waals surface area contributed by atoms with Gasteiger partial charge in [0.05, 0.1) is 6.54 Å². The van der Waals surface area contributed by atoms with E-state index in [1.165, 1.54) is 25.7 Å². The third kappa shape index (κ3) is 2.95. The minimum atomic E-state index is -0.176. The predicted molar refractivity (Wildman–Crippen MR) is 64.0 cm³/mol. The van der Waals surface area contributed by atoms with Crippen molar-refractivity contribution in [1.29, 1.82) is 0 Å². The lowest BCUT2D eigenvalue weighted by Crippen LogP contribution is -2.50. The van der Waals surface area contributed by atoms with Crippen molar-refractivity contribution in [2.45, 2.75) is 50.6 Å². The van der Waals surface area contributed by atoms with Crippen LogP contribution in [0, 0.1) is 0 Å². The van der Waals surface area contributed by atoms with E-state index in [0.29, 0.717) is 18.6 Å². The molecule has 0 unspecified atom stereocenters. The van der Waals surface area contributed by atoms with Gasteiger partial charge in [0.1, 0.15) is 0 Å². The maximum atomic E-state index is 11.2. The second-order valence-corrected chi connectivity index (χ2v) is 5.06. The van der Waals surface area contributed by atoms with Crippen molar-refractivity contribution < 1.29 is 4.79 Å². The van der Waals surface area contributed by atoms with E-state index in [-0.39, 0.29) is 5.91 Å². The first-order valence-electron chi connectivity index (χ1n) is 6.52. The molecule has 1 amide bonds. The van der Waals surface area contributed by atoms with Gasteiger partial charge in [-0.05, 0) is 38.8 Å². The first-order valence-corrected chi connectivity index (χ1v) is 6.52. The lowest BCUT2D eigenvalue weighted by molar-refractivity contribution is -0.120. The molecule has 1 heterocycles. The smallest absolute Gasteiger partial charge is 0.231 e. The molecule has 0 spiro atoms. The van der Waals surface area contributed by atoms with Crippen LogP contribution in [0.15, 0.2) is 0 Å². The zero-order valence-electron chi connectivity index (χ0n) is 9.95. The summed E-state index contributed by atoms with van der Waals surface area (Å²) in [5, 5.41) is 3.37. The second-order valence-electron chi connectivity index (χ2n) is 5.06. The number of carbonyl (C=O) groups excluding carboxylic acids is 1. The number of hydrogen-bond acceptors (Lipinski definition) is 3. The number of carbonyl (C=O) groups is 1. The van der Waals surface area contributed by atoms with Crippen molar-refractivity contribution in [2.24, 2.45) is 5.73 Å². The first-order chi connectivity index (χ1) is 7.77. The molecule has 3 N–H and O–H groups in total. The molecule has 1 aliphatic carbocycles. The third-order valence-corrected chi connectivity index (χ3v) is 3.91. The van der Waals surface area contributed by atoms with E-state index in [9.17, 15) is 4.79 Å². The monoisotopic (exact) mass is 225 g/mol. The van der Waals surface area contributed by atoms with Gasteiger partial charge in [-0.25, -0.2) is 0 Å². The maximum absolute atomic E-state index is 11.2. The second kappa shape index (κ2) is 5.64. The normalized spacial score (nSPS) is 24.1. The van der Waals surface area contributed by atoms with Crippen molar-refractivity contribution in [3.05, 3.63) is 0 Å². The number of hydrogen-bond donors (Lipinski definition) is 2. The van der Waals surface area contributed by atoms with Gasteiger partial charge < -0.3 is 11.1 Å². The van der Waals surface area contributed by atoms with Crippen molar-refractivity contribution in [2.75, 3.05) is 19.6 Å². The van der Waals surface area contributed by atoms with E-state index in [1.54, 1.807) is 0 Å². The van der Waals surface area contributed by atoms with Gasteiger partial charge in [0.15, 0.2) is 0 Å². The summed E-state index contributed by atoms with van der Waals surface area (Å²) in [6.07, 6.45) is 7.43. The van der Waals surface area contributed by atoms with E-state index in [0.717, 1.165) is 25.9 Å². The Labute approximate surface area is 97.6 Å². The van der Waals surface area contributed by atoms with Crippen LogP contribution in [0.5, 0.6) is 0 Å². The summed E-state index contributed by atoms with van der Waals surface area (Å²) in [4.78, 5) is 13.6. The summed E-state index contributed by atoms with van der Waals surface area (Å²) < 4.78 is 0. The number of rotatable bonds is 4. The van der Waals surface area contributed by atoms with Gasteiger partial charge in [-0.3, -0.25) is 9.69 Å². The van der Waals surface area contributed by atoms with Crippen LogP contribution >= 0.6 is 0 Å². The zero-order valence-corrected chi connectivity index (χ0v) is 9.95. The lowest BCUT2D eigenvalue weighted by Gasteiger charge is -2.38. The highest BCUT2D eigenvalue weighted by Gasteiger charge is 2.30. The van der Waals surface area contributed by atoms with Gasteiger partial charge in [-0.1, -0.05) is 12.8 Å². The van der Waals surface area contributed by atoms with Gasteiger partial charge in [-0.2, -0.15) is 0 Å². The third-order valence-electron chi connectivity index (χ3n) is 3.91. The van der Waals surface area contributed by atoms with E-state index >= 15 is 0 Å². The van der Waals surface area contributed by atoms with Gasteiger partial charge in [0.2, 0.25) is 5.91 Å². The van der Waals surface area contributed by atoms with Crippen molar-refractivity contribution in [1.82, 2.24) is 10.2 Å². The molecule has 1 saturated carbocycles. The molecule has 1 saturated heterocycles. The quantitative estimate of drug-likeness (QED) is 0.731. The topological polar surface area (TPSA) is 58.4 Å². The number of nitrogens with one attached hydrogen (secondary N) is 1. The summed E-state index contributed by atoms with van der Waals surface area (Å²) >= 11 is 0. The Hall–Kier alpha value is -0.610. The molecule has 16 heavy (non-hydrogen) atoms. The van der Waals surface area contributed by atoms with Crippen molar-refractivity contribution >= 4 is 5.91 Å². The van der Waals surface area contributed by atoms with Gasteiger partial charge in [0, 0.05) is 12.1 Å². The zero-order chi connectivity index (χ0) is 11.4. The first kappa shape index (κ1) is 11.9. The molecule has 92 valence electrons. The summed E-state index contributed by atoms with van der Waals surface area (Å²) in [6, 6.07) is 1.17. The highest BCUT2D eigenvalue weighted by atomic mass is 16.1. The van der Waals surface area contributed by atoms with E-state index in [4.69, 9.17) is 5.73 Å². The number of nitrogens with zero attached hydrogens (tertiary/aromatic N) is 1. The molecule has 0 aromatic rings. The van der Waals surface area contributed by atoms with Crippen LogP contribution in [0.1, 0.15) is 38.5 Å². The standard InChI is InChI=1S/C12H23N3O/c13-12(16)9-15(10-3-1-2-4-10)11-5-7-14-8-6-11/h10-11,14H,1-9H2,(H2,13,16). The fraction of sp³-hybridized carbons (Fsp3) is 0.917. The molecule has 0 radical (unpaired) electrons. The van der Waals surface area contributed by atoms with E-state index in [1.807, 2.05) is 0 Å². The highest BCUT2D eigenvalue weighted by Crippen LogP contribution is 2.27. The maximum Gasteiger partial charge on any atom is 0.231 e.